The Bertz CT molecular complexity index is 825. The summed E-state index contributed by atoms with van der Waals surface area (Å²) in [5.74, 6) is 0.695. The molecule has 1 aromatic heterocycles. The van der Waals surface area contributed by atoms with E-state index in [2.05, 4.69) is 12.2 Å². The number of rotatable bonds is 8. The first-order chi connectivity index (χ1) is 12.4. The second-order valence-corrected chi connectivity index (χ2v) is 6.67. The van der Waals surface area contributed by atoms with Gasteiger partial charge in [0.05, 0.1) is 13.7 Å². The molecule has 1 heterocycles. The van der Waals surface area contributed by atoms with E-state index >= 15 is 0 Å². The molecule has 1 N–H and O–H groups in total. The molecule has 1 amide bonds. The predicted octanol–water partition coefficient (Wildman–Crippen LogP) is 3.75. The van der Waals surface area contributed by atoms with Crippen LogP contribution in [0.15, 0.2) is 27.4 Å². The van der Waals surface area contributed by atoms with E-state index in [1.807, 2.05) is 20.8 Å². The molecule has 0 aliphatic carbocycles. The second kappa shape index (κ2) is 8.74. The highest BCUT2D eigenvalue weighted by Gasteiger charge is 2.20. The summed E-state index contributed by atoms with van der Waals surface area (Å²) in [6.07, 6.45) is 1.85. The van der Waals surface area contributed by atoms with Gasteiger partial charge in [0, 0.05) is 11.4 Å². The molecule has 26 heavy (non-hydrogen) atoms. The fourth-order valence-electron chi connectivity index (χ4n) is 2.37. The third-order valence-corrected chi connectivity index (χ3v) is 4.39. The number of benzene rings is 1. The van der Waals surface area contributed by atoms with Crippen molar-refractivity contribution in [3.05, 3.63) is 34.2 Å². The summed E-state index contributed by atoms with van der Waals surface area (Å²) in [6.45, 7) is 8.45. The van der Waals surface area contributed by atoms with Gasteiger partial charge in [0.15, 0.2) is 11.3 Å². The maximum Gasteiger partial charge on any atom is 0.349 e. The van der Waals surface area contributed by atoms with E-state index in [0.29, 0.717) is 29.1 Å². The number of fused-ring (bicyclic) bond motifs is 1. The molecule has 0 aliphatic heterocycles. The van der Waals surface area contributed by atoms with Crippen LogP contribution < -0.4 is 20.4 Å². The second-order valence-electron chi connectivity index (χ2n) is 6.67. The van der Waals surface area contributed by atoms with E-state index in [4.69, 9.17) is 13.9 Å². The number of hydrogen-bond donors (Lipinski definition) is 1. The minimum Gasteiger partial charge on any atom is -0.493 e. The lowest BCUT2D eigenvalue weighted by molar-refractivity contribution is 0.0927. The maximum absolute atomic E-state index is 12.4. The molecule has 142 valence electrons. The molecule has 6 heteroatoms. The van der Waals surface area contributed by atoms with Gasteiger partial charge in [-0.3, -0.25) is 4.79 Å². The fourth-order valence-corrected chi connectivity index (χ4v) is 2.37. The topological polar surface area (TPSA) is 77.8 Å². The van der Waals surface area contributed by atoms with Crippen LogP contribution in [0.1, 0.15) is 50.9 Å². The molecule has 0 spiro atoms. The van der Waals surface area contributed by atoms with E-state index in [1.54, 1.807) is 12.1 Å². The number of ether oxygens (including phenoxy) is 2. The van der Waals surface area contributed by atoms with Crippen molar-refractivity contribution in [2.45, 2.75) is 46.6 Å². The summed E-state index contributed by atoms with van der Waals surface area (Å²) < 4.78 is 16.5. The molecule has 0 saturated heterocycles. The van der Waals surface area contributed by atoms with Gasteiger partial charge in [-0.2, -0.15) is 0 Å². The Labute approximate surface area is 153 Å². The molecule has 0 saturated carbocycles. The van der Waals surface area contributed by atoms with E-state index in [9.17, 15) is 9.59 Å². The van der Waals surface area contributed by atoms with Crippen molar-refractivity contribution in [2.75, 3.05) is 13.7 Å². The lowest BCUT2D eigenvalue weighted by Crippen LogP contribution is -2.38. The van der Waals surface area contributed by atoms with Gasteiger partial charge in [-0.1, -0.05) is 27.2 Å². The van der Waals surface area contributed by atoms with Gasteiger partial charge < -0.3 is 19.2 Å². The van der Waals surface area contributed by atoms with Crippen LogP contribution in [0.3, 0.4) is 0 Å². The Kier molecular flexibility index (Phi) is 6.66. The highest BCUT2D eigenvalue weighted by atomic mass is 16.5. The average Bonchev–Trinajstić information content (AvgIpc) is 2.61. The zero-order valence-corrected chi connectivity index (χ0v) is 16.0. The van der Waals surface area contributed by atoms with Crippen LogP contribution >= 0.6 is 0 Å². The highest BCUT2D eigenvalue weighted by Crippen LogP contribution is 2.35. The van der Waals surface area contributed by atoms with Crippen LogP contribution in [0.2, 0.25) is 0 Å². The fraction of sp³-hybridized carbons (Fsp3) is 0.500. The molecular formula is C20H27NO5. The number of hydrogen-bond acceptors (Lipinski definition) is 5. The van der Waals surface area contributed by atoms with Crippen molar-refractivity contribution < 1.29 is 18.7 Å². The molecular weight excluding hydrogens is 334 g/mol. The number of amides is 1. The van der Waals surface area contributed by atoms with E-state index in [1.165, 1.54) is 13.2 Å². The molecule has 1 unspecified atom stereocenters. The number of carbonyl (C=O) groups is 1. The van der Waals surface area contributed by atoms with Crippen molar-refractivity contribution in [1.82, 2.24) is 5.32 Å². The number of carbonyl (C=O) groups excluding carboxylic acids is 1. The van der Waals surface area contributed by atoms with E-state index in [0.717, 1.165) is 12.8 Å². The van der Waals surface area contributed by atoms with Crippen LogP contribution in [-0.2, 0) is 0 Å². The first-order valence-electron chi connectivity index (χ1n) is 8.97. The van der Waals surface area contributed by atoms with Gasteiger partial charge in [0.25, 0.3) is 5.91 Å². The minimum absolute atomic E-state index is 0.0188. The number of nitrogens with one attached hydrogen (secondary N) is 1. The van der Waals surface area contributed by atoms with Gasteiger partial charge in [0.2, 0.25) is 5.75 Å². The maximum atomic E-state index is 12.4. The van der Waals surface area contributed by atoms with Gasteiger partial charge in [0.1, 0.15) is 5.56 Å². The molecule has 2 rings (SSSR count). The molecule has 1 aromatic carbocycles. The van der Waals surface area contributed by atoms with Crippen molar-refractivity contribution >= 4 is 16.9 Å². The van der Waals surface area contributed by atoms with Crippen LogP contribution in [0.25, 0.3) is 11.0 Å². The zero-order chi connectivity index (χ0) is 19.3. The summed E-state index contributed by atoms with van der Waals surface area (Å²) in [5.41, 5.74) is -0.423. The Morgan fingerprint density at radius 2 is 2.00 bits per heavy atom. The minimum atomic E-state index is -0.695. The predicted molar refractivity (Wildman–Crippen MR) is 101 cm³/mol. The van der Waals surface area contributed by atoms with Crippen LogP contribution in [0.4, 0.5) is 0 Å². The SMILES string of the molecule is CCCCOc1c(OC)ccc2cc(C(=O)NC(C)C(C)C)c(=O)oc12. The monoisotopic (exact) mass is 361 g/mol. The third-order valence-electron chi connectivity index (χ3n) is 4.39. The number of methoxy groups -OCH3 is 1. The van der Waals surface area contributed by atoms with E-state index in [-0.39, 0.29) is 17.5 Å². The van der Waals surface area contributed by atoms with Crippen molar-refractivity contribution in [3.63, 3.8) is 0 Å². The van der Waals surface area contributed by atoms with Gasteiger partial charge in [-0.05, 0) is 37.5 Å². The Morgan fingerprint density at radius 3 is 2.62 bits per heavy atom. The smallest absolute Gasteiger partial charge is 0.349 e. The molecule has 2 aromatic rings. The molecule has 6 nitrogen and oxygen atoms in total. The van der Waals surface area contributed by atoms with E-state index < -0.39 is 11.5 Å². The van der Waals surface area contributed by atoms with Crippen molar-refractivity contribution in [1.29, 1.82) is 0 Å². The Morgan fingerprint density at radius 1 is 1.27 bits per heavy atom. The average molecular weight is 361 g/mol. The molecule has 0 radical (unpaired) electrons. The third kappa shape index (κ3) is 4.36. The standard InChI is InChI=1S/C20H27NO5/c1-6-7-10-25-18-16(24-5)9-8-14-11-15(20(23)26-17(14)18)19(22)21-13(4)12(2)3/h8-9,11-13H,6-7,10H2,1-5H3,(H,21,22). The van der Waals surface area contributed by atoms with Crippen LogP contribution in [0, 0.1) is 5.92 Å². The summed E-state index contributed by atoms with van der Waals surface area (Å²) in [5, 5.41) is 3.44. The Balaban J connectivity index is 2.44. The molecule has 0 fully saturated rings. The lowest BCUT2D eigenvalue weighted by Gasteiger charge is -2.17. The normalized spacial score (nSPS) is 12.2. The van der Waals surface area contributed by atoms with Crippen LogP contribution in [0.5, 0.6) is 11.5 Å². The lowest BCUT2D eigenvalue weighted by atomic mass is 10.1. The summed E-state index contributed by atoms with van der Waals surface area (Å²) in [4.78, 5) is 24.8. The Hall–Kier alpha value is -2.50. The summed E-state index contributed by atoms with van der Waals surface area (Å²) in [6, 6.07) is 4.96. The molecule has 0 aliphatic rings. The largest absolute Gasteiger partial charge is 0.493 e. The zero-order valence-electron chi connectivity index (χ0n) is 16.0. The number of unbranched alkanes of at least 4 members (excludes halogenated alkanes) is 1. The van der Waals surface area contributed by atoms with Crippen molar-refractivity contribution in [2.24, 2.45) is 5.92 Å². The van der Waals surface area contributed by atoms with Crippen LogP contribution in [-0.4, -0.2) is 25.7 Å². The first-order valence-corrected chi connectivity index (χ1v) is 8.97. The molecule has 1 atom stereocenters. The van der Waals surface area contributed by atoms with Crippen molar-refractivity contribution in [3.8, 4) is 11.5 Å². The first kappa shape index (κ1) is 19.8. The molecule has 0 bridgehead atoms. The van der Waals surface area contributed by atoms with Gasteiger partial charge in [-0.25, -0.2) is 4.79 Å². The summed E-state index contributed by atoms with van der Waals surface area (Å²) in [7, 11) is 1.53. The summed E-state index contributed by atoms with van der Waals surface area (Å²) >= 11 is 0. The van der Waals surface area contributed by atoms with Gasteiger partial charge >= 0.3 is 5.63 Å². The quantitative estimate of drug-likeness (QED) is 0.572. The highest BCUT2D eigenvalue weighted by molar-refractivity contribution is 5.97. The van der Waals surface area contributed by atoms with Gasteiger partial charge in [-0.15, -0.1) is 0 Å².